The quantitative estimate of drug-likeness (QED) is 0.877. The van der Waals surface area contributed by atoms with Gasteiger partial charge in [-0.25, -0.2) is 0 Å². The minimum atomic E-state index is 0.0705. The Morgan fingerprint density at radius 3 is 2.71 bits per heavy atom. The summed E-state index contributed by atoms with van der Waals surface area (Å²) in [5.74, 6) is 0.944. The van der Waals surface area contributed by atoms with Crippen molar-refractivity contribution in [2.45, 2.75) is 19.4 Å². The second-order valence-corrected chi connectivity index (χ2v) is 4.94. The first-order chi connectivity index (χ1) is 8.31. The summed E-state index contributed by atoms with van der Waals surface area (Å²) >= 11 is 1.72. The number of rotatable bonds is 5. The summed E-state index contributed by atoms with van der Waals surface area (Å²) in [6.45, 7) is 2.69. The number of para-hydroxylation sites is 1. The maximum Gasteiger partial charge on any atom is 0.134 e. The lowest BCUT2D eigenvalue weighted by atomic mass is 10.2. The number of hydrogen-bond donors (Lipinski definition) is 1. The van der Waals surface area contributed by atoms with Gasteiger partial charge in [-0.15, -0.1) is 11.3 Å². The van der Waals surface area contributed by atoms with Gasteiger partial charge >= 0.3 is 0 Å². The van der Waals surface area contributed by atoms with Crippen molar-refractivity contribution in [2.24, 2.45) is 5.73 Å². The highest BCUT2D eigenvalue weighted by Crippen LogP contribution is 2.29. The zero-order valence-corrected chi connectivity index (χ0v) is 10.7. The average Bonchev–Trinajstić information content (AvgIpc) is 2.85. The van der Waals surface area contributed by atoms with E-state index in [1.807, 2.05) is 24.3 Å². The molecule has 0 aliphatic carbocycles. The normalized spacial score (nSPS) is 12.4. The number of hydrogen-bond acceptors (Lipinski definition) is 3. The smallest absolute Gasteiger partial charge is 0.134 e. The molecule has 2 nitrogen and oxygen atoms in total. The Kier molecular flexibility index (Phi) is 4.18. The molecule has 3 heteroatoms. The van der Waals surface area contributed by atoms with E-state index in [0.717, 1.165) is 17.7 Å². The largest absolute Gasteiger partial charge is 0.485 e. The molecular formula is C14H17NOS. The summed E-state index contributed by atoms with van der Waals surface area (Å²) in [5.41, 5.74) is 6.81. The fourth-order valence-corrected chi connectivity index (χ4v) is 2.52. The SMILES string of the molecule is Cc1ccccc1OC(CCN)c1cccs1. The maximum absolute atomic E-state index is 6.06. The molecular weight excluding hydrogens is 230 g/mol. The number of thiophene rings is 1. The molecule has 0 spiro atoms. The van der Waals surface area contributed by atoms with Crippen LogP contribution in [0.5, 0.6) is 5.75 Å². The Hall–Kier alpha value is -1.32. The lowest BCUT2D eigenvalue weighted by Crippen LogP contribution is -2.12. The zero-order valence-electron chi connectivity index (χ0n) is 9.93. The second kappa shape index (κ2) is 5.84. The highest BCUT2D eigenvalue weighted by Gasteiger charge is 2.14. The molecule has 1 aromatic carbocycles. The van der Waals surface area contributed by atoms with Crippen LogP contribution >= 0.6 is 11.3 Å². The van der Waals surface area contributed by atoms with Gasteiger partial charge in [0.05, 0.1) is 0 Å². The summed E-state index contributed by atoms with van der Waals surface area (Å²) < 4.78 is 6.06. The Morgan fingerprint density at radius 2 is 2.06 bits per heavy atom. The molecule has 0 aliphatic rings. The van der Waals surface area contributed by atoms with E-state index in [-0.39, 0.29) is 6.10 Å². The van der Waals surface area contributed by atoms with Crippen molar-refractivity contribution in [2.75, 3.05) is 6.54 Å². The molecule has 0 saturated carbocycles. The third-order valence-corrected chi connectivity index (χ3v) is 3.62. The van der Waals surface area contributed by atoms with Crippen LogP contribution in [0.4, 0.5) is 0 Å². The molecule has 2 N–H and O–H groups in total. The van der Waals surface area contributed by atoms with Crippen LogP contribution in [-0.4, -0.2) is 6.54 Å². The van der Waals surface area contributed by atoms with E-state index in [9.17, 15) is 0 Å². The molecule has 0 radical (unpaired) electrons. The van der Waals surface area contributed by atoms with Crippen molar-refractivity contribution in [1.82, 2.24) is 0 Å². The first-order valence-electron chi connectivity index (χ1n) is 5.77. The maximum atomic E-state index is 6.06. The number of nitrogens with two attached hydrogens (primary N) is 1. The lowest BCUT2D eigenvalue weighted by Gasteiger charge is -2.18. The summed E-state index contributed by atoms with van der Waals surface area (Å²) in [7, 11) is 0. The third kappa shape index (κ3) is 3.08. The van der Waals surface area contributed by atoms with E-state index >= 15 is 0 Å². The van der Waals surface area contributed by atoms with Gasteiger partial charge in [-0.2, -0.15) is 0 Å². The van der Waals surface area contributed by atoms with Crippen LogP contribution in [0.15, 0.2) is 41.8 Å². The Labute approximate surface area is 106 Å². The third-order valence-electron chi connectivity index (χ3n) is 2.65. The molecule has 1 aromatic heterocycles. The summed E-state index contributed by atoms with van der Waals surface area (Å²) in [6, 6.07) is 12.2. The first-order valence-corrected chi connectivity index (χ1v) is 6.65. The van der Waals surface area contributed by atoms with E-state index < -0.39 is 0 Å². The molecule has 90 valence electrons. The van der Waals surface area contributed by atoms with Crippen molar-refractivity contribution < 1.29 is 4.74 Å². The Balaban J connectivity index is 2.16. The monoisotopic (exact) mass is 247 g/mol. The van der Waals surface area contributed by atoms with Gasteiger partial charge in [-0.1, -0.05) is 24.3 Å². The van der Waals surface area contributed by atoms with E-state index in [2.05, 4.69) is 24.4 Å². The van der Waals surface area contributed by atoms with Gasteiger partial charge in [-0.3, -0.25) is 0 Å². The highest BCUT2D eigenvalue weighted by atomic mass is 32.1. The molecule has 1 unspecified atom stereocenters. The van der Waals surface area contributed by atoms with Crippen molar-refractivity contribution in [1.29, 1.82) is 0 Å². The van der Waals surface area contributed by atoms with Gasteiger partial charge in [0.1, 0.15) is 11.9 Å². The average molecular weight is 247 g/mol. The number of benzene rings is 1. The predicted octanol–water partition coefficient (Wildman–Crippen LogP) is 3.53. The first kappa shape index (κ1) is 12.1. The summed E-state index contributed by atoms with van der Waals surface area (Å²) in [6.07, 6.45) is 0.913. The minimum absolute atomic E-state index is 0.0705. The van der Waals surface area contributed by atoms with Crippen LogP contribution in [0.3, 0.4) is 0 Å². The molecule has 1 atom stereocenters. The molecule has 0 amide bonds. The molecule has 17 heavy (non-hydrogen) atoms. The van der Waals surface area contributed by atoms with Gasteiger partial charge in [0.15, 0.2) is 0 Å². The van der Waals surface area contributed by atoms with Gasteiger partial charge in [0, 0.05) is 11.3 Å². The molecule has 0 bridgehead atoms. The molecule has 0 aliphatic heterocycles. The fourth-order valence-electron chi connectivity index (χ4n) is 1.73. The molecule has 0 saturated heterocycles. The minimum Gasteiger partial charge on any atom is -0.485 e. The topological polar surface area (TPSA) is 35.2 Å². The molecule has 2 aromatic rings. The number of ether oxygens (including phenoxy) is 1. The van der Waals surface area contributed by atoms with Crippen LogP contribution in [0.2, 0.25) is 0 Å². The molecule has 2 rings (SSSR count). The van der Waals surface area contributed by atoms with Crippen LogP contribution in [-0.2, 0) is 0 Å². The van der Waals surface area contributed by atoms with Gasteiger partial charge in [-0.05, 0) is 36.5 Å². The van der Waals surface area contributed by atoms with Crippen LogP contribution < -0.4 is 10.5 Å². The molecule has 1 heterocycles. The van der Waals surface area contributed by atoms with Crippen molar-refractivity contribution >= 4 is 11.3 Å². The standard InChI is InChI=1S/C14H17NOS/c1-11-5-2-3-6-12(11)16-13(8-9-15)14-7-4-10-17-14/h2-7,10,13H,8-9,15H2,1H3. The summed E-state index contributed by atoms with van der Waals surface area (Å²) in [5, 5.41) is 2.07. The van der Waals surface area contributed by atoms with Crippen molar-refractivity contribution in [3.8, 4) is 5.75 Å². The Bertz CT molecular complexity index is 453. The Morgan fingerprint density at radius 1 is 1.24 bits per heavy atom. The summed E-state index contributed by atoms with van der Waals surface area (Å²) in [4.78, 5) is 1.23. The highest BCUT2D eigenvalue weighted by molar-refractivity contribution is 7.10. The fraction of sp³-hybridized carbons (Fsp3) is 0.286. The van der Waals surface area contributed by atoms with Crippen molar-refractivity contribution in [3.05, 3.63) is 52.2 Å². The van der Waals surface area contributed by atoms with E-state index in [1.54, 1.807) is 11.3 Å². The second-order valence-electron chi connectivity index (χ2n) is 3.96. The van der Waals surface area contributed by atoms with E-state index in [1.165, 1.54) is 4.88 Å². The van der Waals surface area contributed by atoms with Crippen LogP contribution in [0, 0.1) is 6.92 Å². The zero-order chi connectivity index (χ0) is 12.1. The number of aryl methyl sites for hydroxylation is 1. The van der Waals surface area contributed by atoms with Gasteiger partial charge in [0.2, 0.25) is 0 Å². The van der Waals surface area contributed by atoms with E-state index in [0.29, 0.717) is 6.54 Å². The van der Waals surface area contributed by atoms with E-state index in [4.69, 9.17) is 10.5 Å². The molecule has 0 fully saturated rings. The van der Waals surface area contributed by atoms with Crippen molar-refractivity contribution in [3.63, 3.8) is 0 Å². The lowest BCUT2D eigenvalue weighted by molar-refractivity contribution is 0.200. The van der Waals surface area contributed by atoms with Crippen LogP contribution in [0.1, 0.15) is 23.0 Å². The predicted molar refractivity (Wildman–Crippen MR) is 72.5 cm³/mol. The van der Waals surface area contributed by atoms with Gasteiger partial charge in [0.25, 0.3) is 0 Å². The van der Waals surface area contributed by atoms with Crippen LogP contribution in [0.25, 0.3) is 0 Å². The van der Waals surface area contributed by atoms with Gasteiger partial charge < -0.3 is 10.5 Å².